The Morgan fingerprint density at radius 3 is 2.38 bits per heavy atom. The van der Waals surface area contributed by atoms with Crippen LogP contribution < -0.4 is 9.80 Å². The fourth-order valence-corrected chi connectivity index (χ4v) is 3.51. The Hall–Kier alpha value is -2.96. The zero-order valence-electron chi connectivity index (χ0n) is 15.1. The SMILES string of the molecule is N#Cc1ccc(N2C(=O)CCCN(c3ccc(CO)cc3)C2=S)cc1C(F)(F)F. The van der Waals surface area contributed by atoms with Crippen LogP contribution in [0, 0.1) is 11.3 Å². The number of benzene rings is 2. The Morgan fingerprint density at radius 2 is 1.79 bits per heavy atom. The Kier molecular flexibility index (Phi) is 5.86. The van der Waals surface area contributed by atoms with E-state index in [9.17, 15) is 23.1 Å². The van der Waals surface area contributed by atoms with E-state index in [-0.39, 0.29) is 23.8 Å². The highest BCUT2D eigenvalue weighted by atomic mass is 32.1. The van der Waals surface area contributed by atoms with Crippen LogP contribution in [0.1, 0.15) is 29.5 Å². The summed E-state index contributed by atoms with van der Waals surface area (Å²) in [6, 6.07) is 11.5. The van der Waals surface area contributed by atoms with Gasteiger partial charge in [0, 0.05) is 18.7 Å². The lowest BCUT2D eigenvalue weighted by Crippen LogP contribution is -2.44. The molecule has 2 aromatic carbocycles. The quantitative estimate of drug-likeness (QED) is 0.762. The third-order valence-electron chi connectivity index (χ3n) is 4.56. The molecule has 3 rings (SSSR count). The van der Waals surface area contributed by atoms with Crippen molar-refractivity contribution in [1.82, 2.24) is 0 Å². The van der Waals surface area contributed by atoms with Gasteiger partial charge in [0.2, 0.25) is 5.91 Å². The molecule has 0 spiro atoms. The molecule has 1 heterocycles. The summed E-state index contributed by atoms with van der Waals surface area (Å²) < 4.78 is 40.1. The Balaban J connectivity index is 2.04. The number of alkyl halides is 3. The first-order valence-electron chi connectivity index (χ1n) is 8.72. The second-order valence-electron chi connectivity index (χ2n) is 6.43. The third-order valence-corrected chi connectivity index (χ3v) is 4.96. The molecule has 1 aliphatic rings. The summed E-state index contributed by atoms with van der Waals surface area (Å²) in [7, 11) is 0. The van der Waals surface area contributed by atoms with Gasteiger partial charge in [-0.25, -0.2) is 0 Å². The topological polar surface area (TPSA) is 67.6 Å². The number of hydrogen-bond donors (Lipinski definition) is 1. The van der Waals surface area contributed by atoms with Crippen LogP contribution in [0.3, 0.4) is 0 Å². The van der Waals surface area contributed by atoms with Crippen molar-refractivity contribution in [3.05, 3.63) is 59.2 Å². The fourth-order valence-electron chi connectivity index (χ4n) is 3.10. The van der Waals surface area contributed by atoms with E-state index in [1.807, 2.05) is 0 Å². The number of carbonyl (C=O) groups is 1. The maximum atomic E-state index is 13.4. The van der Waals surface area contributed by atoms with Gasteiger partial charge in [0.15, 0.2) is 5.11 Å². The molecule has 29 heavy (non-hydrogen) atoms. The smallest absolute Gasteiger partial charge is 0.392 e. The van der Waals surface area contributed by atoms with Crippen LogP contribution in [0.5, 0.6) is 0 Å². The molecule has 2 aromatic rings. The number of anilines is 2. The highest BCUT2D eigenvalue weighted by molar-refractivity contribution is 7.81. The van der Waals surface area contributed by atoms with Crippen molar-refractivity contribution in [3.63, 3.8) is 0 Å². The van der Waals surface area contributed by atoms with E-state index in [0.717, 1.165) is 17.0 Å². The Bertz CT molecular complexity index is 984. The van der Waals surface area contributed by atoms with Crippen molar-refractivity contribution in [1.29, 1.82) is 5.26 Å². The lowest BCUT2D eigenvalue weighted by atomic mass is 10.1. The number of halogens is 3. The van der Waals surface area contributed by atoms with Gasteiger partial charge in [0.05, 0.1) is 29.5 Å². The fraction of sp³-hybridized carbons (Fsp3) is 0.250. The minimum Gasteiger partial charge on any atom is -0.392 e. The molecular weight excluding hydrogens is 403 g/mol. The maximum Gasteiger partial charge on any atom is 0.417 e. The predicted octanol–water partition coefficient (Wildman–Crippen LogP) is 3.99. The van der Waals surface area contributed by atoms with Crippen LogP contribution in [-0.2, 0) is 17.6 Å². The van der Waals surface area contributed by atoms with Crippen LogP contribution in [0.15, 0.2) is 42.5 Å². The molecule has 0 bridgehead atoms. The van der Waals surface area contributed by atoms with E-state index in [0.29, 0.717) is 24.2 Å². The van der Waals surface area contributed by atoms with E-state index in [1.165, 1.54) is 12.1 Å². The molecule has 1 amide bonds. The number of aliphatic hydroxyl groups excluding tert-OH is 1. The van der Waals surface area contributed by atoms with Gasteiger partial charge in [-0.15, -0.1) is 0 Å². The van der Waals surface area contributed by atoms with Gasteiger partial charge in [0.25, 0.3) is 0 Å². The molecular formula is C20H16F3N3O2S. The van der Waals surface area contributed by atoms with Crippen LogP contribution in [0.4, 0.5) is 24.5 Å². The molecule has 1 fully saturated rings. The molecule has 0 aromatic heterocycles. The van der Waals surface area contributed by atoms with Crippen LogP contribution in [0.25, 0.3) is 0 Å². The first-order chi connectivity index (χ1) is 13.8. The zero-order chi connectivity index (χ0) is 21.2. The van der Waals surface area contributed by atoms with E-state index >= 15 is 0 Å². The zero-order valence-corrected chi connectivity index (χ0v) is 15.9. The monoisotopic (exact) mass is 419 g/mol. The van der Waals surface area contributed by atoms with Crippen LogP contribution in [-0.4, -0.2) is 22.7 Å². The van der Waals surface area contributed by atoms with Crippen LogP contribution >= 0.6 is 12.2 Å². The van der Waals surface area contributed by atoms with E-state index in [2.05, 4.69) is 0 Å². The molecule has 150 valence electrons. The van der Waals surface area contributed by atoms with Gasteiger partial charge in [-0.05, 0) is 54.5 Å². The molecule has 1 aliphatic heterocycles. The summed E-state index contributed by atoms with van der Waals surface area (Å²) in [4.78, 5) is 15.4. The predicted molar refractivity (Wildman–Crippen MR) is 105 cm³/mol. The minimum atomic E-state index is -4.74. The number of nitrogens with zero attached hydrogens (tertiary/aromatic N) is 3. The second kappa shape index (κ2) is 8.19. The summed E-state index contributed by atoms with van der Waals surface area (Å²) in [5.74, 6) is -0.415. The highest BCUT2D eigenvalue weighted by Crippen LogP contribution is 2.35. The number of hydrogen-bond acceptors (Lipinski definition) is 4. The first-order valence-corrected chi connectivity index (χ1v) is 9.12. The average Bonchev–Trinajstić information content (AvgIpc) is 2.85. The standard InChI is InChI=1S/C20H16F3N3O2S/c21-20(22,23)17-10-16(8-5-14(17)11-24)26-18(28)2-1-9-25(19(26)29)15-6-3-13(12-27)4-7-15/h3-8,10,27H,1-2,9,12H2. The highest BCUT2D eigenvalue weighted by Gasteiger charge is 2.36. The van der Waals surface area contributed by atoms with E-state index in [1.54, 1.807) is 29.2 Å². The molecule has 0 atom stereocenters. The maximum absolute atomic E-state index is 13.4. The number of aliphatic hydroxyl groups is 1. The lowest BCUT2D eigenvalue weighted by molar-refractivity contribution is -0.137. The van der Waals surface area contributed by atoms with Crippen molar-refractivity contribution in [2.75, 3.05) is 16.3 Å². The molecule has 0 saturated carbocycles. The van der Waals surface area contributed by atoms with Gasteiger partial charge >= 0.3 is 6.18 Å². The molecule has 0 aliphatic carbocycles. The number of carbonyl (C=O) groups excluding carboxylic acids is 1. The van der Waals surface area contributed by atoms with Crippen LogP contribution in [0.2, 0.25) is 0 Å². The Morgan fingerprint density at radius 1 is 1.14 bits per heavy atom. The van der Waals surface area contributed by atoms with Gasteiger partial charge < -0.3 is 10.0 Å². The minimum absolute atomic E-state index is 0.0368. The van der Waals surface area contributed by atoms with Crippen molar-refractivity contribution in [3.8, 4) is 6.07 Å². The second-order valence-corrected chi connectivity index (χ2v) is 6.80. The summed E-state index contributed by atoms with van der Waals surface area (Å²) in [5, 5.41) is 18.2. The summed E-state index contributed by atoms with van der Waals surface area (Å²) >= 11 is 5.47. The normalized spacial score (nSPS) is 15.3. The summed E-state index contributed by atoms with van der Waals surface area (Å²) in [6.07, 6.45) is -4.15. The van der Waals surface area contributed by atoms with Crippen molar-refractivity contribution in [2.45, 2.75) is 25.6 Å². The van der Waals surface area contributed by atoms with Crippen molar-refractivity contribution >= 4 is 34.6 Å². The van der Waals surface area contributed by atoms with E-state index in [4.69, 9.17) is 17.5 Å². The molecule has 1 saturated heterocycles. The summed E-state index contributed by atoms with van der Waals surface area (Å²) in [5.41, 5.74) is -0.312. The first kappa shape index (κ1) is 20.8. The van der Waals surface area contributed by atoms with Gasteiger partial charge in [-0.3, -0.25) is 9.69 Å². The van der Waals surface area contributed by atoms with Gasteiger partial charge in [-0.1, -0.05) is 12.1 Å². The number of amides is 1. The van der Waals surface area contributed by atoms with Gasteiger partial charge in [0.1, 0.15) is 0 Å². The van der Waals surface area contributed by atoms with E-state index < -0.39 is 23.2 Å². The van der Waals surface area contributed by atoms with Crippen molar-refractivity contribution < 1.29 is 23.1 Å². The molecule has 0 unspecified atom stereocenters. The molecule has 1 N–H and O–H groups in total. The molecule has 9 heteroatoms. The largest absolute Gasteiger partial charge is 0.417 e. The number of nitriles is 1. The Labute approximate surface area is 170 Å². The molecule has 5 nitrogen and oxygen atoms in total. The van der Waals surface area contributed by atoms with Gasteiger partial charge in [-0.2, -0.15) is 18.4 Å². The number of rotatable bonds is 3. The lowest BCUT2D eigenvalue weighted by Gasteiger charge is -2.30. The number of thiocarbonyl (C=S) groups is 1. The average molecular weight is 419 g/mol. The summed E-state index contributed by atoms with van der Waals surface area (Å²) in [6.45, 7) is 0.294. The molecule has 0 radical (unpaired) electrons. The third kappa shape index (κ3) is 4.23. The van der Waals surface area contributed by atoms with Crippen molar-refractivity contribution in [2.24, 2.45) is 0 Å².